The second-order valence-electron chi connectivity index (χ2n) is 4.76. The van der Waals surface area contributed by atoms with Gasteiger partial charge in [0.15, 0.2) is 0 Å². The molecular weight excluding hydrogens is 431 g/mol. The highest BCUT2D eigenvalue weighted by Gasteiger charge is 2.16. The first-order valence-electron chi connectivity index (χ1n) is 6.22. The summed E-state index contributed by atoms with van der Waals surface area (Å²) in [6.45, 7) is 3.98. The van der Waals surface area contributed by atoms with Crippen LogP contribution in [0, 0.1) is 17.4 Å². The van der Waals surface area contributed by atoms with Crippen molar-refractivity contribution in [2.75, 3.05) is 7.11 Å². The molecule has 0 radical (unpaired) electrons. The Labute approximate surface area is 141 Å². The van der Waals surface area contributed by atoms with Crippen molar-refractivity contribution in [1.29, 1.82) is 0 Å². The van der Waals surface area contributed by atoms with Gasteiger partial charge in [0.25, 0.3) is 0 Å². The summed E-state index contributed by atoms with van der Waals surface area (Å²) in [5.74, 6) is 0.877. The first kappa shape index (κ1) is 15.8. The molecular formula is C16H16BrIO2. The molecule has 1 atom stereocenters. The highest BCUT2D eigenvalue weighted by atomic mass is 127. The van der Waals surface area contributed by atoms with E-state index in [-0.39, 0.29) is 0 Å². The van der Waals surface area contributed by atoms with Gasteiger partial charge in [-0.25, -0.2) is 0 Å². The molecule has 0 saturated heterocycles. The van der Waals surface area contributed by atoms with E-state index in [2.05, 4.69) is 38.5 Å². The SMILES string of the molecule is COc1c(C)cc(C(O)c2cc(I)ccc2Br)cc1C. The number of aryl methyl sites for hydroxylation is 2. The van der Waals surface area contributed by atoms with Crippen LogP contribution in [0.4, 0.5) is 0 Å². The van der Waals surface area contributed by atoms with E-state index in [4.69, 9.17) is 4.74 Å². The van der Waals surface area contributed by atoms with E-state index in [0.29, 0.717) is 0 Å². The second kappa shape index (κ2) is 6.45. The van der Waals surface area contributed by atoms with Crippen LogP contribution in [-0.4, -0.2) is 12.2 Å². The fraction of sp³-hybridized carbons (Fsp3) is 0.250. The van der Waals surface area contributed by atoms with E-state index < -0.39 is 6.10 Å². The molecule has 0 spiro atoms. The van der Waals surface area contributed by atoms with Crippen LogP contribution in [0.25, 0.3) is 0 Å². The van der Waals surface area contributed by atoms with Crippen LogP contribution in [0.2, 0.25) is 0 Å². The number of benzene rings is 2. The molecule has 0 aromatic heterocycles. The number of aliphatic hydroxyl groups is 1. The van der Waals surface area contributed by atoms with E-state index in [1.807, 2.05) is 44.2 Å². The number of hydrogen-bond acceptors (Lipinski definition) is 2. The number of ether oxygens (including phenoxy) is 1. The van der Waals surface area contributed by atoms with Gasteiger partial charge >= 0.3 is 0 Å². The van der Waals surface area contributed by atoms with Crippen LogP contribution in [0.5, 0.6) is 5.75 Å². The van der Waals surface area contributed by atoms with Gasteiger partial charge in [0, 0.05) is 13.6 Å². The van der Waals surface area contributed by atoms with E-state index in [1.54, 1.807) is 7.11 Å². The summed E-state index contributed by atoms with van der Waals surface area (Å²) >= 11 is 5.75. The van der Waals surface area contributed by atoms with Crippen LogP contribution in [0.1, 0.15) is 28.4 Å². The lowest BCUT2D eigenvalue weighted by molar-refractivity contribution is 0.219. The van der Waals surface area contributed by atoms with Crippen molar-refractivity contribution in [3.05, 3.63) is 60.6 Å². The zero-order chi connectivity index (χ0) is 14.9. The summed E-state index contributed by atoms with van der Waals surface area (Å²) in [7, 11) is 1.67. The molecule has 0 heterocycles. The predicted octanol–water partition coefficient (Wildman–Crippen LogP) is 4.76. The van der Waals surface area contributed by atoms with Crippen LogP contribution >= 0.6 is 38.5 Å². The van der Waals surface area contributed by atoms with Crippen LogP contribution in [-0.2, 0) is 0 Å². The third-order valence-corrected chi connectivity index (χ3v) is 4.65. The maximum absolute atomic E-state index is 10.6. The molecule has 2 aromatic rings. The molecule has 0 aliphatic carbocycles. The quantitative estimate of drug-likeness (QED) is 0.688. The van der Waals surface area contributed by atoms with Gasteiger partial charge in [-0.1, -0.05) is 15.9 Å². The summed E-state index contributed by atoms with van der Waals surface area (Å²) in [5.41, 5.74) is 3.82. The Morgan fingerprint density at radius 2 is 1.75 bits per heavy atom. The Hall–Kier alpha value is -0.590. The van der Waals surface area contributed by atoms with Crippen molar-refractivity contribution in [1.82, 2.24) is 0 Å². The van der Waals surface area contributed by atoms with Gasteiger partial charge in [0.2, 0.25) is 0 Å². The molecule has 0 amide bonds. The lowest BCUT2D eigenvalue weighted by atomic mass is 9.97. The minimum absolute atomic E-state index is 0.651. The van der Waals surface area contributed by atoms with Crippen molar-refractivity contribution in [3.8, 4) is 5.75 Å². The lowest BCUT2D eigenvalue weighted by Crippen LogP contribution is -2.03. The van der Waals surface area contributed by atoms with Crippen LogP contribution in [0.3, 0.4) is 0 Å². The lowest BCUT2D eigenvalue weighted by Gasteiger charge is -2.17. The van der Waals surface area contributed by atoms with Gasteiger partial charge in [0.1, 0.15) is 11.9 Å². The molecule has 1 unspecified atom stereocenters. The average molecular weight is 447 g/mol. The topological polar surface area (TPSA) is 29.5 Å². The second-order valence-corrected chi connectivity index (χ2v) is 6.86. The Morgan fingerprint density at radius 1 is 1.15 bits per heavy atom. The predicted molar refractivity (Wildman–Crippen MR) is 93.4 cm³/mol. The third kappa shape index (κ3) is 3.18. The van der Waals surface area contributed by atoms with E-state index in [1.165, 1.54) is 0 Å². The Kier molecular flexibility index (Phi) is 5.09. The largest absolute Gasteiger partial charge is 0.496 e. The van der Waals surface area contributed by atoms with E-state index in [0.717, 1.165) is 36.0 Å². The maximum Gasteiger partial charge on any atom is 0.124 e. The van der Waals surface area contributed by atoms with Crippen molar-refractivity contribution >= 4 is 38.5 Å². The van der Waals surface area contributed by atoms with Crippen molar-refractivity contribution in [3.63, 3.8) is 0 Å². The van der Waals surface area contributed by atoms with Gasteiger partial charge in [-0.2, -0.15) is 0 Å². The standard InChI is InChI=1S/C16H16BrIO2/c1-9-6-11(7-10(2)16(9)20-3)15(19)13-8-12(18)4-5-14(13)17/h4-8,15,19H,1-3H3. The number of methoxy groups -OCH3 is 1. The summed E-state index contributed by atoms with van der Waals surface area (Å²) in [6.07, 6.45) is -0.651. The Bertz CT molecular complexity index is 617. The number of aliphatic hydroxyl groups excluding tert-OH is 1. The molecule has 1 N–H and O–H groups in total. The molecule has 106 valence electrons. The minimum atomic E-state index is -0.651. The first-order chi connectivity index (χ1) is 9.43. The van der Waals surface area contributed by atoms with Crippen molar-refractivity contribution in [2.45, 2.75) is 20.0 Å². The third-order valence-electron chi connectivity index (χ3n) is 3.26. The maximum atomic E-state index is 10.6. The van der Waals surface area contributed by atoms with Gasteiger partial charge in [0.05, 0.1) is 7.11 Å². The molecule has 0 bridgehead atoms. The van der Waals surface area contributed by atoms with Crippen LogP contribution < -0.4 is 4.74 Å². The van der Waals surface area contributed by atoms with Gasteiger partial charge in [-0.3, -0.25) is 0 Å². The molecule has 0 aliphatic rings. The number of halogens is 2. The van der Waals surface area contributed by atoms with Crippen LogP contribution in [0.15, 0.2) is 34.8 Å². The van der Waals surface area contributed by atoms with Gasteiger partial charge < -0.3 is 9.84 Å². The normalized spacial score (nSPS) is 12.3. The average Bonchev–Trinajstić information content (AvgIpc) is 2.40. The molecule has 2 rings (SSSR count). The van der Waals surface area contributed by atoms with E-state index in [9.17, 15) is 5.11 Å². The zero-order valence-electron chi connectivity index (χ0n) is 11.6. The van der Waals surface area contributed by atoms with E-state index >= 15 is 0 Å². The molecule has 0 aliphatic heterocycles. The minimum Gasteiger partial charge on any atom is -0.496 e. The smallest absolute Gasteiger partial charge is 0.124 e. The summed E-state index contributed by atoms with van der Waals surface area (Å²) in [5, 5.41) is 10.6. The van der Waals surface area contributed by atoms with Gasteiger partial charge in [-0.05, 0) is 83.5 Å². The van der Waals surface area contributed by atoms with Gasteiger partial charge in [-0.15, -0.1) is 0 Å². The molecule has 0 saturated carbocycles. The molecule has 20 heavy (non-hydrogen) atoms. The first-order valence-corrected chi connectivity index (χ1v) is 8.09. The highest BCUT2D eigenvalue weighted by molar-refractivity contribution is 14.1. The van der Waals surface area contributed by atoms with Crippen molar-refractivity contribution in [2.24, 2.45) is 0 Å². The molecule has 4 heteroatoms. The zero-order valence-corrected chi connectivity index (χ0v) is 15.3. The summed E-state index contributed by atoms with van der Waals surface area (Å²) in [4.78, 5) is 0. The molecule has 0 fully saturated rings. The highest BCUT2D eigenvalue weighted by Crippen LogP contribution is 2.33. The number of rotatable bonds is 3. The fourth-order valence-corrected chi connectivity index (χ4v) is 3.35. The Morgan fingerprint density at radius 3 is 2.30 bits per heavy atom. The fourth-order valence-electron chi connectivity index (χ4n) is 2.37. The molecule has 2 nitrogen and oxygen atoms in total. The summed E-state index contributed by atoms with van der Waals surface area (Å²) < 4.78 is 7.38. The number of hydrogen-bond donors (Lipinski definition) is 1. The summed E-state index contributed by atoms with van der Waals surface area (Å²) in [6, 6.07) is 9.91. The monoisotopic (exact) mass is 446 g/mol. The van der Waals surface area contributed by atoms with Crippen molar-refractivity contribution < 1.29 is 9.84 Å². The molecule has 2 aromatic carbocycles. The Balaban J connectivity index is 2.48.